The largest absolute Gasteiger partial charge is 0.306 e. The molecule has 3 heteroatoms. The highest BCUT2D eigenvalue weighted by Crippen LogP contribution is 2.33. The molecule has 1 unspecified atom stereocenters. The Kier molecular flexibility index (Phi) is 5.20. The summed E-state index contributed by atoms with van der Waals surface area (Å²) in [4.78, 5) is 2.71. The van der Waals surface area contributed by atoms with Crippen LogP contribution < -0.4 is 5.32 Å². The van der Waals surface area contributed by atoms with Gasteiger partial charge in [0.1, 0.15) is 0 Å². The normalized spacial score (nSPS) is 12.6. The van der Waals surface area contributed by atoms with Crippen molar-refractivity contribution in [2.75, 3.05) is 6.54 Å². The van der Waals surface area contributed by atoms with Gasteiger partial charge in [-0.1, -0.05) is 38.1 Å². The van der Waals surface area contributed by atoms with Gasteiger partial charge in [0.15, 0.2) is 0 Å². The lowest BCUT2D eigenvalue weighted by Gasteiger charge is -2.17. The number of benzene rings is 1. The summed E-state index contributed by atoms with van der Waals surface area (Å²) in [6.45, 7) is 7.47. The average Bonchev–Trinajstić information content (AvgIpc) is 2.76. The highest BCUT2D eigenvalue weighted by Gasteiger charge is 2.16. The van der Waals surface area contributed by atoms with E-state index in [4.69, 9.17) is 0 Å². The molecule has 0 saturated heterocycles. The number of nitrogens with one attached hydrogen (secondary N) is 1. The quantitative estimate of drug-likeness (QED) is 0.802. The first-order valence-corrected chi connectivity index (χ1v) is 8.34. The smallest absolute Gasteiger partial charge is 0.0671 e. The number of rotatable bonds is 5. The van der Waals surface area contributed by atoms with Crippen LogP contribution in [0.4, 0.5) is 0 Å². The number of thiophene rings is 1. The molecule has 1 N–H and O–H groups in total. The van der Waals surface area contributed by atoms with Crippen molar-refractivity contribution < 1.29 is 0 Å². The van der Waals surface area contributed by atoms with Gasteiger partial charge in [0.05, 0.1) is 6.04 Å². The predicted molar refractivity (Wildman–Crippen MR) is 88.1 cm³/mol. The van der Waals surface area contributed by atoms with Crippen LogP contribution in [-0.2, 0) is 6.42 Å². The van der Waals surface area contributed by atoms with E-state index in [9.17, 15) is 0 Å². The molecule has 1 heterocycles. The molecule has 0 bridgehead atoms. The molecule has 0 spiro atoms. The Balaban J connectivity index is 2.33. The van der Waals surface area contributed by atoms with Gasteiger partial charge in [-0.2, -0.15) is 0 Å². The monoisotopic (exact) mass is 337 g/mol. The summed E-state index contributed by atoms with van der Waals surface area (Å²) in [6.07, 6.45) is 1.09. The van der Waals surface area contributed by atoms with E-state index in [0.29, 0.717) is 6.04 Å². The molecule has 1 atom stereocenters. The van der Waals surface area contributed by atoms with Gasteiger partial charge < -0.3 is 5.32 Å². The summed E-state index contributed by atoms with van der Waals surface area (Å²) in [5, 5.41) is 3.58. The molecule has 1 aromatic carbocycles. The van der Waals surface area contributed by atoms with Crippen LogP contribution in [0, 0.1) is 6.92 Å². The fourth-order valence-electron chi connectivity index (χ4n) is 2.16. The molecular weight excluding hydrogens is 318 g/mol. The maximum atomic E-state index is 3.61. The molecule has 0 saturated carbocycles. The zero-order valence-corrected chi connectivity index (χ0v) is 14.1. The molecular formula is C16H20BrNS. The summed E-state index contributed by atoms with van der Waals surface area (Å²) in [6, 6.07) is 11.5. The van der Waals surface area contributed by atoms with Gasteiger partial charge in [-0.05, 0) is 53.0 Å². The molecule has 0 fully saturated rings. The van der Waals surface area contributed by atoms with Crippen molar-refractivity contribution >= 4 is 27.3 Å². The molecule has 2 aromatic rings. The van der Waals surface area contributed by atoms with Crippen molar-refractivity contribution in [2.24, 2.45) is 0 Å². The van der Waals surface area contributed by atoms with E-state index in [-0.39, 0.29) is 0 Å². The Labute approximate surface area is 128 Å². The highest BCUT2D eigenvalue weighted by molar-refractivity contribution is 9.10. The van der Waals surface area contributed by atoms with Crippen LogP contribution in [0.1, 0.15) is 40.8 Å². The van der Waals surface area contributed by atoms with Crippen molar-refractivity contribution in [3.63, 3.8) is 0 Å². The fourth-order valence-corrected chi connectivity index (χ4v) is 3.82. The van der Waals surface area contributed by atoms with E-state index in [1.54, 1.807) is 0 Å². The second kappa shape index (κ2) is 6.69. The first-order chi connectivity index (χ1) is 9.15. The van der Waals surface area contributed by atoms with Crippen LogP contribution in [0.5, 0.6) is 0 Å². The summed E-state index contributed by atoms with van der Waals surface area (Å²) >= 11 is 5.47. The molecule has 0 aliphatic carbocycles. The highest BCUT2D eigenvalue weighted by atomic mass is 79.9. The Morgan fingerprint density at radius 3 is 2.37 bits per heavy atom. The summed E-state index contributed by atoms with van der Waals surface area (Å²) in [7, 11) is 0. The summed E-state index contributed by atoms with van der Waals surface area (Å²) < 4.78 is 1.21. The SMILES string of the molecule is CCNC(c1ccc(CC)cc1)c1cc(Br)c(C)s1. The molecule has 0 amide bonds. The van der Waals surface area contributed by atoms with Gasteiger partial charge in [0.25, 0.3) is 0 Å². The topological polar surface area (TPSA) is 12.0 Å². The predicted octanol–water partition coefficient (Wildman–Crippen LogP) is 5.08. The maximum Gasteiger partial charge on any atom is 0.0671 e. The van der Waals surface area contributed by atoms with E-state index >= 15 is 0 Å². The Morgan fingerprint density at radius 1 is 1.21 bits per heavy atom. The fraction of sp³-hybridized carbons (Fsp3) is 0.375. The third-order valence-corrected chi connectivity index (χ3v) is 5.49. The number of aryl methyl sites for hydroxylation is 2. The zero-order chi connectivity index (χ0) is 13.8. The second-order valence-corrected chi connectivity index (χ2v) is 6.78. The molecule has 0 aliphatic rings. The summed E-state index contributed by atoms with van der Waals surface area (Å²) in [5.41, 5.74) is 2.73. The molecule has 19 heavy (non-hydrogen) atoms. The molecule has 0 aliphatic heterocycles. The summed E-state index contributed by atoms with van der Waals surface area (Å²) in [5.74, 6) is 0. The molecule has 1 nitrogen and oxygen atoms in total. The first-order valence-electron chi connectivity index (χ1n) is 6.73. The lowest BCUT2D eigenvalue weighted by atomic mass is 10.0. The third-order valence-electron chi connectivity index (χ3n) is 3.29. The molecule has 0 radical (unpaired) electrons. The van der Waals surface area contributed by atoms with Crippen molar-refractivity contribution in [2.45, 2.75) is 33.2 Å². The van der Waals surface area contributed by atoms with Crippen molar-refractivity contribution in [1.82, 2.24) is 5.32 Å². The minimum atomic E-state index is 0.297. The van der Waals surface area contributed by atoms with Crippen molar-refractivity contribution in [3.05, 3.63) is 55.7 Å². The Hall–Kier alpha value is -0.640. The van der Waals surface area contributed by atoms with E-state index in [2.05, 4.69) is 72.3 Å². The van der Waals surface area contributed by atoms with E-state index < -0.39 is 0 Å². The Morgan fingerprint density at radius 2 is 1.89 bits per heavy atom. The van der Waals surface area contributed by atoms with Crippen molar-refractivity contribution in [3.8, 4) is 0 Å². The van der Waals surface area contributed by atoms with Gasteiger partial charge in [-0.25, -0.2) is 0 Å². The second-order valence-electron chi connectivity index (χ2n) is 4.64. The van der Waals surface area contributed by atoms with Crippen LogP contribution in [0.2, 0.25) is 0 Å². The molecule has 1 aromatic heterocycles. The number of hydrogen-bond acceptors (Lipinski definition) is 2. The van der Waals surface area contributed by atoms with Gasteiger partial charge in [-0.3, -0.25) is 0 Å². The van der Waals surface area contributed by atoms with Gasteiger partial charge in [-0.15, -0.1) is 11.3 Å². The van der Waals surface area contributed by atoms with E-state index in [1.807, 2.05) is 11.3 Å². The Bertz CT molecular complexity index is 511. The third kappa shape index (κ3) is 3.47. The number of halogens is 1. The van der Waals surface area contributed by atoms with E-state index in [0.717, 1.165) is 13.0 Å². The lowest BCUT2D eigenvalue weighted by molar-refractivity contribution is 0.639. The first kappa shape index (κ1) is 14.8. The molecule has 2 rings (SSSR count). The average molecular weight is 338 g/mol. The lowest BCUT2D eigenvalue weighted by Crippen LogP contribution is -2.21. The van der Waals surface area contributed by atoms with Crippen molar-refractivity contribution in [1.29, 1.82) is 0 Å². The molecule has 102 valence electrons. The van der Waals surface area contributed by atoms with Crippen LogP contribution >= 0.6 is 27.3 Å². The van der Waals surface area contributed by atoms with Crippen LogP contribution in [0.3, 0.4) is 0 Å². The minimum Gasteiger partial charge on any atom is -0.306 e. The van der Waals surface area contributed by atoms with E-state index in [1.165, 1.54) is 25.4 Å². The zero-order valence-electron chi connectivity index (χ0n) is 11.7. The van der Waals surface area contributed by atoms with Gasteiger partial charge in [0, 0.05) is 14.2 Å². The van der Waals surface area contributed by atoms with Crippen LogP contribution in [-0.4, -0.2) is 6.54 Å². The maximum absolute atomic E-state index is 3.61. The van der Waals surface area contributed by atoms with Crippen LogP contribution in [0.15, 0.2) is 34.8 Å². The van der Waals surface area contributed by atoms with Crippen LogP contribution in [0.25, 0.3) is 0 Å². The minimum absolute atomic E-state index is 0.297. The van der Waals surface area contributed by atoms with Gasteiger partial charge in [0.2, 0.25) is 0 Å². The standard InChI is InChI=1S/C16H20BrNS/c1-4-12-6-8-13(9-7-12)16(18-5-2)15-10-14(17)11(3)19-15/h6-10,16,18H,4-5H2,1-3H3. The van der Waals surface area contributed by atoms with Gasteiger partial charge >= 0.3 is 0 Å². The number of hydrogen-bond donors (Lipinski definition) is 1.